The van der Waals surface area contributed by atoms with Gasteiger partial charge in [-0.15, -0.1) is 0 Å². The molecule has 2 aromatic carbocycles. The Bertz CT molecular complexity index is 930. The summed E-state index contributed by atoms with van der Waals surface area (Å²) in [5, 5.41) is 11.1. The number of fused-ring (bicyclic) bond motifs is 2. The van der Waals surface area contributed by atoms with Crippen molar-refractivity contribution < 1.29 is 19.4 Å². The van der Waals surface area contributed by atoms with Gasteiger partial charge in [0, 0.05) is 12.1 Å². The van der Waals surface area contributed by atoms with Crippen molar-refractivity contribution in [3.05, 3.63) is 65.2 Å². The quantitative estimate of drug-likeness (QED) is 0.769. The second-order valence-corrected chi connectivity index (χ2v) is 8.35. The summed E-state index contributed by atoms with van der Waals surface area (Å²) < 4.78 is 5.58. The van der Waals surface area contributed by atoms with Crippen LogP contribution in [-0.2, 0) is 11.2 Å². The molecule has 0 saturated carbocycles. The summed E-state index contributed by atoms with van der Waals surface area (Å²) in [7, 11) is 0. The van der Waals surface area contributed by atoms with E-state index in [0.717, 1.165) is 11.1 Å². The largest absolute Gasteiger partial charge is 0.443 e. The molecule has 5 heteroatoms. The van der Waals surface area contributed by atoms with Crippen LogP contribution in [0.4, 0.5) is 10.5 Å². The number of nitrogens with zero attached hydrogens (tertiary/aromatic N) is 1. The average Bonchev–Trinajstić information content (AvgIpc) is 2.90. The van der Waals surface area contributed by atoms with Gasteiger partial charge >= 0.3 is 6.09 Å². The first-order valence-corrected chi connectivity index (χ1v) is 9.13. The van der Waals surface area contributed by atoms with E-state index >= 15 is 0 Å². The molecule has 0 radical (unpaired) electrons. The van der Waals surface area contributed by atoms with Gasteiger partial charge in [-0.25, -0.2) is 4.79 Å². The smallest absolute Gasteiger partial charge is 0.414 e. The van der Waals surface area contributed by atoms with Crippen molar-refractivity contribution in [3.8, 4) is 0 Å². The van der Waals surface area contributed by atoms with E-state index in [9.17, 15) is 14.7 Å². The maximum atomic E-state index is 13.4. The van der Waals surface area contributed by atoms with Crippen molar-refractivity contribution >= 4 is 17.6 Å². The van der Waals surface area contributed by atoms with Crippen molar-refractivity contribution in [2.24, 2.45) is 5.41 Å². The molecule has 0 saturated heterocycles. The van der Waals surface area contributed by atoms with Gasteiger partial charge in [0.05, 0.1) is 17.2 Å². The number of amides is 1. The first kappa shape index (κ1) is 17.7. The molecule has 2 aromatic rings. The second kappa shape index (κ2) is 5.92. The Morgan fingerprint density at radius 1 is 1.15 bits per heavy atom. The molecule has 4 rings (SSSR count). The number of aliphatic hydroxyl groups is 1. The zero-order valence-electron chi connectivity index (χ0n) is 15.7. The van der Waals surface area contributed by atoms with Crippen LogP contribution in [0.5, 0.6) is 0 Å². The minimum absolute atomic E-state index is 0.0909. The van der Waals surface area contributed by atoms with Gasteiger partial charge in [0.1, 0.15) is 5.60 Å². The molecule has 0 fully saturated rings. The van der Waals surface area contributed by atoms with E-state index in [2.05, 4.69) is 0 Å². The maximum Gasteiger partial charge on any atom is 0.414 e. The molecule has 1 spiro atoms. The molecule has 0 unspecified atom stereocenters. The topological polar surface area (TPSA) is 66.8 Å². The van der Waals surface area contributed by atoms with E-state index in [1.54, 1.807) is 24.3 Å². The summed E-state index contributed by atoms with van der Waals surface area (Å²) in [6.45, 7) is 5.51. The molecule has 1 aliphatic carbocycles. The lowest BCUT2D eigenvalue weighted by atomic mass is 9.72. The van der Waals surface area contributed by atoms with Crippen LogP contribution in [0, 0.1) is 5.41 Å². The number of carbonyl (C=O) groups excluding carboxylic acids is 2. The fourth-order valence-corrected chi connectivity index (χ4v) is 4.13. The number of rotatable bonds is 0. The SMILES string of the molecule is CC(C)(C)OC(=O)N1C[C@@]2(Cc3ccccc3[C@H]2O)C(=O)c2ccccc21. The first-order chi connectivity index (χ1) is 12.7. The number of aliphatic hydroxyl groups excluding tert-OH is 1. The van der Waals surface area contributed by atoms with Gasteiger partial charge in [-0.1, -0.05) is 36.4 Å². The Balaban J connectivity index is 1.81. The highest BCUT2D eigenvalue weighted by molar-refractivity contribution is 6.11. The molecular weight excluding hydrogens is 342 g/mol. The lowest BCUT2D eigenvalue weighted by Gasteiger charge is -2.42. The molecule has 0 aromatic heterocycles. The zero-order valence-corrected chi connectivity index (χ0v) is 15.7. The minimum atomic E-state index is -1.09. The minimum Gasteiger partial charge on any atom is -0.443 e. The summed E-state index contributed by atoms with van der Waals surface area (Å²) >= 11 is 0. The summed E-state index contributed by atoms with van der Waals surface area (Å²) in [6, 6.07) is 14.6. The summed E-state index contributed by atoms with van der Waals surface area (Å²) in [5.74, 6) is -0.124. The molecular formula is C22H23NO4. The number of benzene rings is 2. The number of ether oxygens (including phenoxy) is 1. The molecule has 140 valence electrons. The van der Waals surface area contributed by atoms with E-state index in [-0.39, 0.29) is 12.3 Å². The highest BCUT2D eigenvalue weighted by atomic mass is 16.6. The molecule has 1 N–H and O–H groups in total. The number of hydrogen-bond acceptors (Lipinski definition) is 4. The molecule has 2 atom stereocenters. The van der Waals surface area contributed by atoms with E-state index in [0.29, 0.717) is 17.7 Å². The van der Waals surface area contributed by atoms with Gasteiger partial charge < -0.3 is 9.84 Å². The van der Waals surface area contributed by atoms with Gasteiger partial charge in [-0.3, -0.25) is 9.69 Å². The van der Waals surface area contributed by atoms with Crippen LogP contribution in [0.1, 0.15) is 48.4 Å². The molecule has 27 heavy (non-hydrogen) atoms. The Morgan fingerprint density at radius 2 is 1.81 bits per heavy atom. The highest BCUT2D eigenvalue weighted by Gasteiger charge is 2.56. The lowest BCUT2D eigenvalue weighted by molar-refractivity contribution is 0.0289. The van der Waals surface area contributed by atoms with Crippen molar-refractivity contribution in [1.82, 2.24) is 0 Å². The predicted molar refractivity (Wildman–Crippen MR) is 102 cm³/mol. The summed E-state index contributed by atoms with van der Waals surface area (Å²) in [4.78, 5) is 27.8. The highest BCUT2D eigenvalue weighted by Crippen LogP contribution is 2.51. The molecule has 5 nitrogen and oxygen atoms in total. The third-order valence-electron chi connectivity index (χ3n) is 5.32. The van der Waals surface area contributed by atoms with Crippen molar-refractivity contribution in [3.63, 3.8) is 0 Å². The summed E-state index contributed by atoms with van der Waals surface area (Å²) in [6.07, 6.45) is -1.07. The number of anilines is 1. The van der Waals surface area contributed by atoms with Gasteiger partial charge in [0.15, 0.2) is 5.78 Å². The maximum absolute atomic E-state index is 13.4. The summed E-state index contributed by atoms with van der Waals surface area (Å²) in [5.41, 5.74) is 0.940. The van der Waals surface area contributed by atoms with Crippen molar-refractivity contribution in [2.45, 2.75) is 38.9 Å². The molecule has 0 bridgehead atoms. The van der Waals surface area contributed by atoms with Gasteiger partial charge in [-0.2, -0.15) is 0 Å². The molecule has 2 aliphatic rings. The molecule has 1 heterocycles. The normalized spacial score (nSPS) is 23.9. The van der Waals surface area contributed by atoms with E-state index in [4.69, 9.17) is 4.74 Å². The third-order valence-corrected chi connectivity index (χ3v) is 5.32. The van der Waals surface area contributed by atoms with Crippen LogP contribution >= 0.6 is 0 Å². The Kier molecular flexibility index (Phi) is 3.89. The van der Waals surface area contributed by atoms with Crippen molar-refractivity contribution in [2.75, 3.05) is 11.4 Å². The number of Topliss-reactive ketones (excluding diaryl/α,β-unsaturated/α-hetero) is 1. The monoisotopic (exact) mass is 365 g/mol. The fraction of sp³-hybridized carbons (Fsp3) is 0.364. The van der Waals surface area contributed by atoms with E-state index in [1.165, 1.54) is 4.90 Å². The van der Waals surface area contributed by atoms with E-state index in [1.807, 2.05) is 45.0 Å². The van der Waals surface area contributed by atoms with E-state index < -0.39 is 23.2 Å². The molecule has 1 amide bonds. The number of para-hydroxylation sites is 1. The standard InChI is InChI=1S/C22H23NO4/c1-21(2,3)27-20(26)23-13-22(19(25)16-10-6-7-11-17(16)23)12-14-8-4-5-9-15(14)18(22)24/h4-11,18,24H,12-13H2,1-3H3/t18-,22-/m1/s1. The Labute approximate surface area is 158 Å². The van der Waals surface area contributed by atoms with Crippen molar-refractivity contribution in [1.29, 1.82) is 0 Å². The van der Waals surface area contributed by atoms with Gasteiger partial charge in [0.2, 0.25) is 0 Å². The fourth-order valence-electron chi connectivity index (χ4n) is 4.13. The number of hydrogen-bond donors (Lipinski definition) is 1. The third kappa shape index (κ3) is 2.73. The first-order valence-electron chi connectivity index (χ1n) is 9.13. The number of carbonyl (C=O) groups is 2. The van der Waals surface area contributed by atoms with Crippen LogP contribution < -0.4 is 4.90 Å². The van der Waals surface area contributed by atoms with Crippen LogP contribution in [0.2, 0.25) is 0 Å². The molecule has 1 aliphatic heterocycles. The van der Waals surface area contributed by atoms with Crippen LogP contribution in [0.25, 0.3) is 0 Å². The predicted octanol–water partition coefficient (Wildman–Crippen LogP) is 3.90. The lowest BCUT2D eigenvalue weighted by Crippen LogP contribution is -2.53. The van der Waals surface area contributed by atoms with Crippen LogP contribution in [0.3, 0.4) is 0 Å². The van der Waals surface area contributed by atoms with Crippen LogP contribution in [0.15, 0.2) is 48.5 Å². The number of ketones is 1. The zero-order chi connectivity index (χ0) is 19.4. The van der Waals surface area contributed by atoms with Crippen LogP contribution in [-0.4, -0.2) is 29.1 Å². The van der Waals surface area contributed by atoms with Gasteiger partial charge in [0.25, 0.3) is 0 Å². The second-order valence-electron chi connectivity index (χ2n) is 8.35. The van der Waals surface area contributed by atoms with Gasteiger partial charge in [-0.05, 0) is 50.5 Å². The average molecular weight is 365 g/mol. The Hall–Kier alpha value is -2.66. The Morgan fingerprint density at radius 3 is 2.52 bits per heavy atom.